The highest BCUT2D eigenvalue weighted by molar-refractivity contribution is 5.95. The van der Waals surface area contributed by atoms with Crippen molar-refractivity contribution in [2.75, 3.05) is 13.8 Å². The molecule has 0 saturated heterocycles. The number of pyridine rings is 1. The number of nitrogens with zero attached hydrogens (tertiary/aromatic N) is 1. The summed E-state index contributed by atoms with van der Waals surface area (Å²) in [5.74, 6) is -2.55. The van der Waals surface area contributed by atoms with E-state index in [0.717, 1.165) is 18.9 Å². The predicted octanol–water partition coefficient (Wildman–Crippen LogP) is 3.36. The molecule has 0 aliphatic heterocycles. The average Bonchev–Trinajstić information content (AvgIpc) is 3.44. The maximum Gasteiger partial charge on any atom is 0.341 e. The van der Waals surface area contributed by atoms with E-state index in [1.54, 1.807) is 11.5 Å². The number of halogens is 2. The highest BCUT2D eigenvalue weighted by atomic mass is 19.1. The Morgan fingerprint density at radius 1 is 1.45 bits per heavy atom. The summed E-state index contributed by atoms with van der Waals surface area (Å²) in [6.07, 6.45) is 3.76. The van der Waals surface area contributed by atoms with E-state index < -0.39 is 40.9 Å². The molecule has 3 N–H and O–H groups in total. The molecule has 2 aliphatic carbocycles. The number of aromatic nitrogens is 1. The Morgan fingerprint density at radius 3 is 2.66 bits per heavy atom. The van der Waals surface area contributed by atoms with E-state index in [1.165, 1.54) is 13.3 Å². The molecular formula is C21H24F2N2O4. The van der Waals surface area contributed by atoms with Gasteiger partial charge in [-0.1, -0.05) is 0 Å². The number of alkyl halides is 1. The number of rotatable bonds is 5. The smallest absolute Gasteiger partial charge is 0.341 e. The number of benzene rings is 1. The van der Waals surface area contributed by atoms with Crippen molar-refractivity contribution < 1.29 is 23.4 Å². The third-order valence-corrected chi connectivity index (χ3v) is 6.42. The second-order valence-electron chi connectivity index (χ2n) is 8.51. The first kappa shape index (κ1) is 19.8. The summed E-state index contributed by atoms with van der Waals surface area (Å²) in [7, 11) is 1.40. The summed E-state index contributed by atoms with van der Waals surface area (Å²) in [4.78, 5) is 24.3. The van der Waals surface area contributed by atoms with Crippen molar-refractivity contribution in [3.8, 4) is 5.75 Å². The zero-order chi connectivity index (χ0) is 21.1. The molecule has 2 saturated carbocycles. The van der Waals surface area contributed by atoms with Gasteiger partial charge in [0.05, 0.1) is 24.7 Å². The number of carboxylic acids is 1. The molecule has 1 aromatic carbocycles. The number of hydrogen-bond acceptors (Lipinski definition) is 4. The quantitative estimate of drug-likeness (QED) is 0.794. The second-order valence-corrected chi connectivity index (χ2v) is 8.51. The van der Waals surface area contributed by atoms with E-state index in [0.29, 0.717) is 18.4 Å². The first-order valence-electron chi connectivity index (χ1n) is 9.73. The van der Waals surface area contributed by atoms with Gasteiger partial charge in [-0.2, -0.15) is 0 Å². The molecule has 4 rings (SSSR count). The number of hydrogen-bond donors (Lipinski definition) is 2. The first-order valence-corrected chi connectivity index (χ1v) is 9.73. The molecule has 0 bridgehead atoms. The molecule has 156 valence electrons. The van der Waals surface area contributed by atoms with Gasteiger partial charge in [0.25, 0.3) is 0 Å². The third kappa shape index (κ3) is 3.10. The number of ether oxygens (including phenoxy) is 1. The van der Waals surface area contributed by atoms with E-state index >= 15 is 4.39 Å². The average molecular weight is 406 g/mol. The topological polar surface area (TPSA) is 94.6 Å². The fraction of sp³-hybridized carbons (Fsp3) is 0.524. The summed E-state index contributed by atoms with van der Waals surface area (Å²) in [5.41, 5.74) is 5.02. The second kappa shape index (κ2) is 6.79. The molecule has 2 aliphatic rings. The minimum Gasteiger partial charge on any atom is -0.494 e. The van der Waals surface area contributed by atoms with Crippen LogP contribution in [0.25, 0.3) is 10.9 Å². The van der Waals surface area contributed by atoms with Crippen LogP contribution in [-0.4, -0.2) is 35.0 Å². The largest absolute Gasteiger partial charge is 0.494 e. The van der Waals surface area contributed by atoms with Crippen LogP contribution in [0.1, 0.15) is 60.5 Å². The summed E-state index contributed by atoms with van der Waals surface area (Å²) >= 11 is 0. The molecule has 2 unspecified atom stereocenters. The fourth-order valence-electron chi connectivity index (χ4n) is 4.70. The third-order valence-electron chi connectivity index (χ3n) is 6.42. The number of aromatic carboxylic acids is 1. The molecule has 0 radical (unpaired) electrons. The number of nitrogens with two attached hydrogens (primary N) is 1. The van der Waals surface area contributed by atoms with Gasteiger partial charge in [-0.3, -0.25) is 9.18 Å². The zero-order valence-corrected chi connectivity index (χ0v) is 16.4. The van der Waals surface area contributed by atoms with Crippen molar-refractivity contribution in [2.24, 2.45) is 11.7 Å². The van der Waals surface area contributed by atoms with E-state index in [9.17, 15) is 19.1 Å². The van der Waals surface area contributed by atoms with Crippen LogP contribution in [0.4, 0.5) is 8.78 Å². The monoisotopic (exact) mass is 406 g/mol. The van der Waals surface area contributed by atoms with Gasteiger partial charge in [0.1, 0.15) is 17.1 Å². The van der Waals surface area contributed by atoms with E-state index in [1.807, 2.05) is 0 Å². The minimum absolute atomic E-state index is 0.0227. The molecule has 29 heavy (non-hydrogen) atoms. The SMILES string of the molecule is COc1c(C2C[C@H](CF)C(C)(N)C2)c(F)cc2c(=O)c(C(=O)O)cn(C3CC3)c12. The molecule has 2 fully saturated rings. The number of carboxylic acid groups (broad SMARTS) is 1. The molecule has 3 atom stereocenters. The van der Waals surface area contributed by atoms with E-state index in [2.05, 4.69) is 0 Å². The Balaban J connectivity index is 2.00. The Labute approximate surface area is 166 Å². The summed E-state index contributed by atoms with van der Waals surface area (Å²) < 4.78 is 36.0. The maximum absolute atomic E-state index is 15.3. The molecule has 2 aromatic rings. The molecule has 6 nitrogen and oxygen atoms in total. The van der Waals surface area contributed by atoms with Gasteiger partial charge in [-0.05, 0) is 44.6 Å². The zero-order valence-electron chi connectivity index (χ0n) is 16.4. The van der Waals surface area contributed by atoms with Gasteiger partial charge in [-0.25, -0.2) is 9.18 Å². The standard InChI is InChI=1S/C21H24F2N2O4/c1-21(24)7-10(5-11(21)8-22)16-15(23)6-13-17(19(16)29-2)25(12-3-4-12)9-14(18(13)26)20(27)28/h6,9-12H,3-5,7-8,24H2,1-2H3,(H,27,28)/t10?,11-,21?/m1/s1. The fourth-order valence-corrected chi connectivity index (χ4v) is 4.70. The van der Waals surface area contributed by atoms with Crippen LogP contribution in [0.2, 0.25) is 0 Å². The molecule has 8 heteroatoms. The van der Waals surface area contributed by atoms with Crippen LogP contribution in [0.3, 0.4) is 0 Å². The van der Waals surface area contributed by atoms with Gasteiger partial charge in [-0.15, -0.1) is 0 Å². The van der Waals surface area contributed by atoms with Gasteiger partial charge in [0.2, 0.25) is 5.43 Å². The summed E-state index contributed by atoms with van der Waals surface area (Å²) in [6, 6.07) is 1.13. The number of methoxy groups -OCH3 is 1. The number of carbonyl (C=O) groups is 1. The van der Waals surface area contributed by atoms with Crippen molar-refractivity contribution in [1.82, 2.24) is 4.57 Å². The maximum atomic E-state index is 15.3. The van der Waals surface area contributed by atoms with Gasteiger partial charge < -0.3 is 20.1 Å². The lowest BCUT2D eigenvalue weighted by Crippen LogP contribution is -2.40. The molecule has 1 heterocycles. The molecule has 0 spiro atoms. The normalized spacial score (nSPS) is 26.8. The van der Waals surface area contributed by atoms with Crippen molar-refractivity contribution in [2.45, 2.75) is 50.1 Å². The van der Waals surface area contributed by atoms with Gasteiger partial charge in [0, 0.05) is 29.3 Å². The van der Waals surface area contributed by atoms with E-state index in [4.69, 9.17) is 10.5 Å². The van der Waals surface area contributed by atoms with Crippen LogP contribution < -0.4 is 15.9 Å². The highest BCUT2D eigenvalue weighted by Crippen LogP contribution is 2.49. The number of fused-ring (bicyclic) bond motifs is 1. The summed E-state index contributed by atoms with van der Waals surface area (Å²) in [6.45, 7) is 1.18. The predicted molar refractivity (Wildman–Crippen MR) is 104 cm³/mol. The Morgan fingerprint density at radius 2 is 2.14 bits per heavy atom. The molecular weight excluding hydrogens is 382 g/mol. The minimum atomic E-state index is -1.35. The lowest BCUT2D eigenvalue weighted by molar-refractivity contribution is 0.0694. The van der Waals surface area contributed by atoms with E-state index in [-0.39, 0.29) is 28.7 Å². The van der Waals surface area contributed by atoms with Crippen molar-refractivity contribution >= 4 is 16.9 Å². The van der Waals surface area contributed by atoms with Crippen LogP contribution in [-0.2, 0) is 0 Å². The van der Waals surface area contributed by atoms with Gasteiger partial charge in [0.15, 0.2) is 0 Å². The van der Waals surface area contributed by atoms with Gasteiger partial charge >= 0.3 is 5.97 Å². The van der Waals surface area contributed by atoms with Crippen LogP contribution >= 0.6 is 0 Å². The molecule has 0 amide bonds. The van der Waals surface area contributed by atoms with Crippen LogP contribution in [0, 0.1) is 11.7 Å². The Bertz CT molecular complexity index is 1060. The van der Waals surface area contributed by atoms with Crippen LogP contribution in [0.5, 0.6) is 5.75 Å². The lowest BCUT2D eigenvalue weighted by atomic mass is 9.90. The van der Waals surface area contributed by atoms with Crippen molar-refractivity contribution in [3.05, 3.63) is 39.4 Å². The summed E-state index contributed by atoms with van der Waals surface area (Å²) in [5, 5.41) is 9.38. The Hall–Kier alpha value is -2.48. The molecule has 1 aromatic heterocycles. The van der Waals surface area contributed by atoms with Crippen LogP contribution in [0.15, 0.2) is 17.1 Å². The van der Waals surface area contributed by atoms with Crippen molar-refractivity contribution in [3.63, 3.8) is 0 Å². The Kier molecular flexibility index (Phi) is 4.64. The first-order chi connectivity index (χ1) is 13.7. The highest BCUT2D eigenvalue weighted by Gasteiger charge is 2.44. The lowest BCUT2D eigenvalue weighted by Gasteiger charge is -2.24. The van der Waals surface area contributed by atoms with Crippen molar-refractivity contribution in [1.29, 1.82) is 0 Å².